The number of aromatic nitrogens is 1. The van der Waals surface area contributed by atoms with Crippen LogP contribution in [0.1, 0.15) is 6.42 Å². The Morgan fingerprint density at radius 3 is 2.81 bits per heavy atom. The molecule has 1 saturated heterocycles. The van der Waals surface area contributed by atoms with Crippen molar-refractivity contribution in [3.63, 3.8) is 0 Å². The van der Waals surface area contributed by atoms with Crippen LogP contribution in [0, 0.1) is 0 Å². The van der Waals surface area contributed by atoms with Gasteiger partial charge in [0.2, 0.25) is 5.91 Å². The molecule has 7 nitrogen and oxygen atoms in total. The van der Waals surface area contributed by atoms with Gasteiger partial charge >= 0.3 is 5.97 Å². The molecular formula is C12H14Cl2N4O3. The number of nitrogens with one attached hydrogen (secondary N) is 1. The van der Waals surface area contributed by atoms with E-state index in [1.54, 1.807) is 4.90 Å². The molecule has 1 fully saturated rings. The fraction of sp³-hybridized carbons (Fsp3) is 0.417. The molecule has 0 radical (unpaired) electrons. The maximum absolute atomic E-state index is 11.9. The molecule has 0 saturated carbocycles. The number of carboxylic acid groups (broad SMARTS) is 1. The van der Waals surface area contributed by atoms with Crippen LogP contribution >= 0.6 is 23.2 Å². The number of nitrogens with two attached hydrogens (primary N) is 1. The molecule has 1 aromatic rings. The van der Waals surface area contributed by atoms with Crippen LogP contribution in [0.4, 0.5) is 5.82 Å². The number of likely N-dealkylation sites (tertiary alicyclic amines) is 1. The van der Waals surface area contributed by atoms with Gasteiger partial charge in [0, 0.05) is 19.3 Å². The van der Waals surface area contributed by atoms with E-state index in [1.807, 2.05) is 0 Å². The third kappa shape index (κ3) is 3.82. The van der Waals surface area contributed by atoms with Gasteiger partial charge in [-0.15, -0.1) is 0 Å². The fourth-order valence-electron chi connectivity index (χ4n) is 2.11. The summed E-state index contributed by atoms with van der Waals surface area (Å²) < 4.78 is 0. The molecule has 114 valence electrons. The molecule has 1 aliphatic heterocycles. The third-order valence-corrected chi connectivity index (χ3v) is 3.73. The molecule has 0 aromatic carbocycles. The second-order valence-electron chi connectivity index (χ2n) is 4.95. The van der Waals surface area contributed by atoms with E-state index in [4.69, 9.17) is 34.0 Å². The number of carbonyl (C=O) groups is 2. The van der Waals surface area contributed by atoms with Crippen molar-refractivity contribution in [1.82, 2.24) is 9.88 Å². The van der Waals surface area contributed by atoms with Crippen molar-refractivity contribution in [2.45, 2.75) is 12.0 Å². The zero-order chi connectivity index (χ0) is 15.6. The number of carboxylic acids is 1. The van der Waals surface area contributed by atoms with Gasteiger partial charge in [-0.05, 0) is 12.5 Å². The standard InChI is InChI=1S/C12H14Cl2N4O3/c13-7-3-8(14)10(16-4-7)17-9(19)5-18-2-1-12(15,6-18)11(20)21/h3-4H,1-2,5-6,15H2,(H,20,21)(H,16,17,19). The van der Waals surface area contributed by atoms with Crippen molar-refractivity contribution in [3.05, 3.63) is 22.3 Å². The summed E-state index contributed by atoms with van der Waals surface area (Å²) in [5.74, 6) is -1.20. The largest absolute Gasteiger partial charge is 0.480 e. The fourth-order valence-corrected chi connectivity index (χ4v) is 2.53. The second-order valence-corrected chi connectivity index (χ2v) is 5.80. The summed E-state index contributed by atoms with van der Waals surface area (Å²) in [6.07, 6.45) is 1.67. The number of hydrogen-bond donors (Lipinski definition) is 3. The number of nitrogens with zero attached hydrogens (tertiary/aromatic N) is 2. The number of carbonyl (C=O) groups excluding carboxylic acids is 1. The van der Waals surface area contributed by atoms with Crippen LogP contribution < -0.4 is 11.1 Å². The van der Waals surface area contributed by atoms with Crippen LogP contribution in [0.15, 0.2) is 12.3 Å². The maximum atomic E-state index is 11.9. The van der Waals surface area contributed by atoms with E-state index in [0.717, 1.165) is 0 Å². The van der Waals surface area contributed by atoms with Crippen LogP contribution in [0.5, 0.6) is 0 Å². The average Bonchev–Trinajstić information content (AvgIpc) is 2.76. The van der Waals surface area contributed by atoms with Crippen molar-refractivity contribution in [2.75, 3.05) is 25.0 Å². The Kier molecular flexibility index (Phi) is 4.67. The Labute approximate surface area is 131 Å². The molecule has 1 aromatic heterocycles. The first-order valence-corrected chi connectivity index (χ1v) is 6.91. The first-order valence-electron chi connectivity index (χ1n) is 6.16. The maximum Gasteiger partial charge on any atom is 0.325 e. The molecular weight excluding hydrogens is 319 g/mol. The second kappa shape index (κ2) is 6.15. The molecule has 0 bridgehead atoms. The van der Waals surface area contributed by atoms with Crippen LogP contribution in [0.3, 0.4) is 0 Å². The number of pyridine rings is 1. The first-order chi connectivity index (χ1) is 9.80. The van der Waals surface area contributed by atoms with E-state index in [1.165, 1.54) is 12.3 Å². The SMILES string of the molecule is NC1(C(=O)O)CCN(CC(=O)Nc2ncc(Cl)cc2Cl)C1. The first kappa shape index (κ1) is 16.0. The molecule has 0 spiro atoms. The number of rotatable bonds is 4. The van der Waals surface area contributed by atoms with Gasteiger partial charge in [0.25, 0.3) is 0 Å². The number of halogens is 2. The van der Waals surface area contributed by atoms with Gasteiger partial charge in [0.15, 0.2) is 5.82 Å². The topological polar surface area (TPSA) is 109 Å². The molecule has 1 amide bonds. The molecule has 2 heterocycles. The third-order valence-electron chi connectivity index (χ3n) is 3.24. The summed E-state index contributed by atoms with van der Waals surface area (Å²) in [5, 5.41) is 12.2. The molecule has 9 heteroatoms. The van der Waals surface area contributed by atoms with Crippen molar-refractivity contribution < 1.29 is 14.7 Å². The minimum Gasteiger partial charge on any atom is -0.480 e. The Morgan fingerprint density at radius 1 is 1.52 bits per heavy atom. The zero-order valence-corrected chi connectivity index (χ0v) is 12.5. The van der Waals surface area contributed by atoms with Gasteiger partial charge in [0.05, 0.1) is 16.6 Å². The Balaban J connectivity index is 1.93. The Bertz CT molecular complexity index is 584. The van der Waals surface area contributed by atoms with E-state index < -0.39 is 11.5 Å². The lowest BCUT2D eigenvalue weighted by Gasteiger charge is -2.19. The number of hydrogen-bond acceptors (Lipinski definition) is 5. The average molecular weight is 333 g/mol. The van der Waals surface area contributed by atoms with Crippen LogP contribution in [-0.4, -0.2) is 52.0 Å². The summed E-state index contributed by atoms with van der Waals surface area (Å²) >= 11 is 11.6. The molecule has 1 aliphatic rings. The van der Waals surface area contributed by atoms with Gasteiger partial charge in [-0.3, -0.25) is 14.5 Å². The summed E-state index contributed by atoms with van der Waals surface area (Å²) in [6.45, 7) is 0.586. The summed E-state index contributed by atoms with van der Waals surface area (Å²) in [6, 6.07) is 1.47. The number of aliphatic carboxylic acids is 1. The normalized spacial score (nSPS) is 22.2. The number of amides is 1. The van der Waals surface area contributed by atoms with Crippen molar-refractivity contribution >= 4 is 40.9 Å². The van der Waals surface area contributed by atoms with Crippen LogP contribution in [0.25, 0.3) is 0 Å². The van der Waals surface area contributed by atoms with E-state index in [2.05, 4.69) is 10.3 Å². The minimum atomic E-state index is -1.30. The van der Waals surface area contributed by atoms with Crippen molar-refractivity contribution in [2.24, 2.45) is 5.73 Å². The van der Waals surface area contributed by atoms with Gasteiger partial charge in [-0.2, -0.15) is 0 Å². The summed E-state index contributed by atoms with van der Waals surface area (Å²) in [7, 11) is 0. The van der Waals surface area contributed by atoms with Crippen molar-refractivity contribution in [3.8, 4) is 0 Å². The van der Waals surface area contributed by atoms with E-state index in [0.29, 0.717) is 18.0 Å². The molecule has 0 aliphatic carbocycles. The zero-order valence-electron chi connectivity index (χ0n) is 11.0. The van der Waals surface area contributed by atoms with Crippen LogP contribution in [0.2, 0.25) is 10.0 Å². The summed E-state index contributed by atoms with van der Waals surface area (Å²) in [4.78, 5) is 28.5. The highest BCUT2D eigenvalue weighted by atomic mass is 35.5. The van der Waals surface area contributed by atoms with Crippen molar-refractivity contribution in [1.29, 1.82) is 0 Å². The highest BCUT2D eigenvalue weighted by Crippen LogP contribution is 2.23. The van der Waals surface area contributed by atoms with E-state index in [-0.39, 0.29) is 29.8 Å². The smallest absolute Gasteiger partial charge is 0.325 e. The van der Waals surface area contributed by atoms with Gasteiger partial charge in [0.1, 0.15) is 5.54 Å². The quantitative estimate of drug-likeness (QED) is 0.753. The molecule has 2 rings (SSSR count). The Hall–Kier alpha value is -1.41. The van der Waals surface area contributed by atoms with Gasteiger partial charge in [-0.1, -0.05) is 23.2 Å². The van der Waals surface area contributed by atoms with E-state index >= 15 is 0 Å². The number of anilines is 1. The lowest BCUT2D eigenvalue weighted by atomic mass is 10.0. The predicted octanol–water partition coefficient (Wildman–Crippen LogP) is 0.815. The minimum absolute atomic E-state index is 0.0207. The molecule has 1 unspecified atom stereocenters. The van der Waals surface area contributed by atoms with Gasteiger partial charge in [-0.25, -0.2) is 4.98 Å². The molecule has 21 heavy (non-hydrogen) atoms. The highest BCUT2D eigenvalue weighted by molar-refractivity contribution is 6.36. The molecule has 1 atom stereocenters. The van der Waals surface area contributed by atoms with Crippen LogP contribution in [-0.2, 0) is 9.59 Å². The molecule has 4 N–H and O–H groups in total. The lowest BCUT2D eigenvalue weighted by molar-refractivity contribution is -0.143. The summed E-state index contributed by atoms with van der Waals surface area (Å²) in [5.41, 5.74) is 4.45. The monoisotopic (exact) mass is 332 g/mol. The van der Waals surface area contributed by atoms with Gasteiger partial charge < -0.3 is 16.2 Å². The Morgan fingerprint density at radius 2 is 2.24 bits per heavy atom. The van der Waals surface area contributed by atoms with E-state index in [9.17, 15) is 9.59 Å². The highest BCUT2D eigenvalue weighted by Gasteiger charge is 2.41. The lowest BCUT2D eigenvalue weighted by Crippen LogP contribution is -2.50. The predicted molar refractivity (Wildman–Crippen MR) is 78.5 cm³/mol.